The minimum atomic E-state index is -0.529. The number of alkyl halides is 2. The first kappa shape index (κ1) is 42.2. The molecular formula is C37H43Br2N13O5. The number of carbonyl (C=O) groups is 5. The van der Waals surface area contributed by atoms with Crippen molar-refractivity contribution in [2.75, 3.05) is 78.2 Å². The zero-order valence-electron chi connectivity index (χ0n) is 31.8. The number of benzene rings is 1. The van der Waals surface area contributed by atoms with Crippen LogP contribution in [0.4, 0.5) is 42.1 Å². The molecule has 5 aromatic rings. The van der Waals surface area contributed by atoms with Crippen LogP contribution in [0.3, 0.4) is 0 Å². The Kier molecular flexibility index (Phi) is 13.9. The van der Waals surface area contributed by atoms with Crippen molar-refractivity contribution >= 4 is 90.6 Å². The van der Waals surface area contributed by atoms with E-state index in [2.05, 4.69) is 37.0 Å². The van der Waals surface area contributed by atoms with E-state index in [1.165, 1.54) is 81.7 Å². The van der Waals surface area contributed by atoms with E-state index < -0.39 is 18.1 Å². The average molecular weight is 910 g/mol. The van der Waals surface area contributed by atoms with Crippen LogP contribution in [-0.2, 0) is 0 Å². The zero-order chi connectivity index (χ0) is 41.4. The van der Waals surface area contributed by atoms with Gasteiger partial charge in [0.1, 0.15) is 0 Å². The molecule has 0 fully saturated rings. The van der Waals surface area contributed by atoms with Crippen LogP contribution in [0.1, 0.15) is 16.8 Å². The van der Waals surface area contributed by atoms with Crippen molar-refractivity contribution in [1.29, 1.82) is 5.41 Å². The summed E-state index contributed by atoms with van der Waals surface area (Å²) in [6.07, 6.45) is 10.8. The number of nitrogens with zero attached hydrogens (tertiary/aromatic N) is 11. The number of hydrazine groups is 1. The zero-order valence-corrected chi connectivity index (χ0v) is 34.9. The normalized spacial score (nSPS) is 11.0. The Labute approximate surface area is 345 Å². The first-order valence-electron chi connectivity index (χ1n) is 17.5. The van der Waals surface area contributed by atoms with Gasteiger partial charge in [-0.2, -0.15) is 4.68 Å². The lowest BCUT2D eigenvalue weighted by atomic mass is 10.2. The molecule has 0 aliphatic heterocycles. The van der Waals surface area contributed by atoms with Gasteiger partial charge in [0, 0.05) is 120 Å². The second-order valence-corrected chi connectivity index (χ2v) is 14.4. The number of carbonyl (C=O) groups excluding carboxylic acids is 5. The highest BCUT2D eigenvalue weighted by Gasteiger charge is 2.28. The number of hydrogen-bond donors (Lipinski definition) is 2. The van der Waals surface area contributed by atoms with Crippen molar-refractivity contribution in [2.24, 2.45) is 5.73 Å². The van der Waals surface area contributed by atoms with Crippen molar-refractivity contribution in [3.05, 3.63) is 104 Å². The van der Waals surface area contributed by atoms with E-state index in [-0.39, 0.29) is 36.6 Å². The van der Waals surface area contributed by atoms with E-state index in [4.69, 9.17) is 11.1 Å². The van der Waals surface area contributed by atoms with Crippen LogP contribution in [0.15, 0.2) is 98.0 Å². The van der Waals surface area contributed by atoms with Crippen LogP contribution in [0.2, 0.25) is 0 Å². The number of anilines is 4. The van der Waals surface area contributed by atoms with Crippen LogP contribution < -0.4 is 25.4 Å². The van der Waals surface area contributed by atoms with Crippen LogP contribution in [-0.4, -0.2) is 128 Å². The van der Waals surface area contributed by atoms with Gasteiger partial charge in [-0.05, 0) is 30.3 Å². The Hall–Kier alpha value is -5.99. The molecule has 5 rings (SSSR count). The fourth-order valence-corrected chi connectivity index (χ4v) is 6.46. The first-order chi connectivity index (χ1) is 27.2. The molecule has 1 aromatic carbocycles. The number of nitrogens with one attached hydrogen (secondary N) is 1. The third kappa shape index (κ3) is 9.70. The molecule has 20 heteroatoms. The number of nitrogens with two attached hydrogens (primary N) is 1. The molecule has 0 aliphatic rings. The SMILES string of the molecule is CN(CCC(=N)N)C(=O)n1ccc(N(C)C(=O)n2ccc(N(C)C(=O)n3ccc(N(C)C(=O)n4ccc(N(C(=O)c5ccccc5)N(CCBr)CCBr)n4)c3)c2)c1. The molecule has 4 aromatic heterocycles. The van der Waals surface area contributed by atoms with Crippen LogP contribution in [0.5, 0.6) is 0 Å². The Morgan fingerprint density at radius 2 is 1.12 bits per heavy atom. The number of rotatable bonds is 13. The standard InChI is InChI=1S/C37H43Br2N13O5/c1-43(17-13-31(40)41)34(54)47-18-10-28(24-47)44(2)35(55)48-19-11-29(25-48)45(3)36(56)49-20-12-30(26-49)46(4)37(57)51-21-14-32(42-51)52(50(22-15-38)23-16-39)33(53)27-8-6-5-7-9-27/h5-12,14,18-21,24-26H,13,15-17,22-23H2,1-4H3,(H3,40,41). The molecule has 57 heavy (non-hydrogen) atoms. The Bertz CT molecular complexity index is 2220. The molecule has 0 saturated carbocycles. The van der Waals surface area contributed by atoms with Gasteiger partial charge < -0.3 is 10.6 Å². The lowest BCUT2D eigenvalue weighted by Gasteiger charge is -2.32. The van der Waals surface area contributed by atoms with Crippen molar-refractivity contribution in [3.63, 3.8) is 0 Å². The highest BCUT2D eigenvalue weighted by molar-refractivity contribution is 9.09. The van der Waals surface area contributed by atoms with Gasteiger partial charge in [0.05, 0.1) is 22.9 Å². The first-order valence-corrected chi connectivity index (χ1v) is 19.8. The summed E-state index contributed by atoms with van der Waals surface area (Å²) in [5, 5.41) is 16.4. The molecule has 0 saturated heterocycles. The molecule has 0 atom stereocenters. The summed E-state index contributed by atoms with van der Waals surface area (Å²) in [6.45, 7) is 1.27. The maximum Gasteiger partial charge on any atom is 0.348 e. The molecular weight excluding hydrogens is 866 g/mol. The summed E-state index contributed by atoms with van der Waals surface area (Å²) < 4.78 is 5.09. The van der Waals surface area contributed by atoms with Gasteiger partial charge in [-0.15, -0.1) is 5.10 Å². The topological polar surface area (TPSA) is 187 Å². The van der Waals surface area contributed by atoms with E-state index in [9.17, 15) is 24.0 Å². The summed E-state index contributed by atoms with van der Waals surface area (Å²) in [6, 6.07) is 13.5. The number of amides is 5. The minimum absolute atomic E-state index is 0.0214. The monoisotopic (exact) mass is 907 g/mol. The lowest BCUT2D eigenvalue weighted by molar-refractivity contribution is 0.0902. The second kappa shape index (κ2) is 18.8. The molecule has 0 aliphatic carbocycles. The van der Waals surface area contributed by atoms with Crippen molar-refractivity contribution in [2.45, 2.75) is 6.42 Å². The maximum atomic E-state index is 13.7. The third-order valence-electron chi connectivity index (χ3n) is 8.93. The van der Waals surface area contributed by atoms with Gasteiger partial charge in [-0.3, -0.25) is 38.6 Å². The fourth-order valence-electron chi connectivity index (χ4n) is 5.64. The van der Waals surface area contributed by atoms with Gasteiger partial charge in [0.25, 0.3) is 5.91 Å². The van der Waals surface area contributed by atoms with Crippen molar-refractivity contribution in [1.82, 2.24) is 33.4 Å². The van der Waals surface area contributed by atoms with Gasteiger partial charge in [-0.25, -0.2) is 29.2 Å². The summed E-state index contributed by atoms with van der Waals surface area (Å²) in [4.78, 5) is 72.5. The van der Waals surface area contributed by atoms with Crippen molar-refractivity contribution in [3.8, 4) is 0 Å². The molecule has 0 unspecified atom stereocenters. The van der Waals surface area contributed by atoms with E-state index in [1.807, 2.05) is 11.1 Å². The molecule has 3 N–H and O–H groups in total. The summed E-state index contributed by atoms with van der Waals surface area (Å²) >= 11 is 6.93. The van der Waals surface area contributed by atoms with E-state index in [1.54, 1.807) is 76.7 Å². The van der Waals surface area contributed by atoms with Crippen LogP contribution >= 0.6 is 31.9 Å². The molecule has 0 spiro atoms. The van der Waals surface area contributed by atoms with E-state index in [0.29, 0.717) is 46.4 Å². The lowest BCUT2D eigenvalue weighted by Crippen LogP contribution is -2.49. The molecule has 5 amide bonds. The molecule has 4 heterocycles. The maximum absolute atomic E-state index is 13.7. The fraction of sp³-hybridized carbons (Fsp3) is 0.270. The predicted octanol–water partition coefficient (Wildman–Crippen LogP) is 5.48. The van der Waals surface area contributed by atoms with E-state index >= 15 is 0 Å². The van der Waals surface area contributed by atoms with E-state index in [0.717, 1.165) is 4.68 Å². The summed E-state index contributed by atoms with van der Waals surface area (Å²) in [5.41, 5.74) is 7.16. The number of aromatic nitrogens is 5. The van der Waals surface area contributed by atoms with Gasteiger partial charge >= 0.3 is 24.1 Å². The van der Waals surface area contributed by atoms with Gasteiger partial charge in [0.15, 0.2) is 5.82 Å². The van der Waals surface area contributed by atoms with Gasteiger partial charge in [0.2, 0.25) is 0 Å². The van der Waals surface area contributed by atoms with Crippen LogP contribution in [0, 0.1) is 5.41 Å². The molecule has 0 bridgehead atoms. The van der Waals surface area contributed by atoms with Crippen LogP contribution in [0.25, 0.3) is 0 Å². The molecule has 18 nitrogen and oxygen atoms in total. The summed E-state index contributed by atoms with van der Waals surface area (Å²) in [7, 11) is 6.27. The largest absolute Gasteiger partial charge is 0.388 e. The van der Waals surface area contributed by atoms with Crippen molar-refractivity contribution < 1.29 is 24.0 Å². The second-order valence-electron chi connectivity index (χ2n) is 12.8. The highest BCUT2D eigenvalue weighted by atomic mass is 79.9. The molecule has 300 valence electrons. The quantitative estimate of drug-likeness (QED) is 0.0673. The number of hydrogen-bond acceptors (Lipinski definition) is 8. The third-order valence-corrected chi connectivity index (χ3v) is 9.64. The number of amidine groups is 1. The minimum Gasteiger partial charge on any atom is -0.388 e. The Morgan fingerprint density at radius 1 is 0.649 bits per heavy atom. The number of halogens is 2. The Morgan fingerprint density at radius 3 is 1.60 bits per heavy atom. The highest BCUT2D eigenvalue weighted by Crippen LogP contribution is 2.23. The van der Waals surface area contributed by atoms with Gasteiger partial charge in [-0.1, -0.05) is 50.1 Å². The Balaban J connectivity index is 1.25. The molecule has 0 radical (unpaired) electrons. The smallest absolute Gasteiger partial charge is 0.348 e. The predicted molar refractivity (Wildman–Crippen MR) is 225 cm³/mol. The average Bonchev–Trinajstić information content (AvgIpc) is 4.06. The summed E-state index contributed by atoms with van der Waals surface area (Å²) in [5.74, 6) is -0.0607.